The maximum absolute atomic E-state index is 11.8. The molecule has 0 atom stereocenters. The third-order valence-corrected chi connectivity index (χ3v) is 3.73. The highest BCUT2D eigenvalue weighted by Crippen LogP contribution is 2.23. The van der Waals surface area contributed by atoms with E-state index >= 15 is 0 Å². The molecule has 0 aliphatic rings. The fourth-order valence-corrected chi connectivity index (χ4v) is 2.32. The summed E-state index contributed by atoms with van der Waals surface area (Å²) in [5, 5.41) is 2.71. The highest BCUT2D eigenvalue weighted by Gasteiger charge is 2.09. The SMILES string of the molecule is COc1cc(CCC(=O)OCC(=O)NCc2ccccc2)cc(OC)c1. The summed E-state index contributed by atoms with van der Waals surface area (Å²) in [6, 6.07) is 15.0. The Kier molecular flexibility index (Phi) is 7.49. The first-order chi connectivity index (χ1) is 12.6. The van der Waals surface area contributed by atoms with Crippen LogP contribution in [0.1, 0.15) is 17.5 Å². The number of methoxy groups -OCH3 is 2. The minimum absolute atomic E-state index is 0.169. The summed E-state index contributed by atoms with van der Waals surface area (Å²) >= 11 is 0. The molecule has 0 aliphatic carbocycles. The second kappa shape index (κ2) is 10.1. The van der Waals surface area contributed by atoms with Crippen LogP contribution >= 0.6 is 0 Å². The van der Waals surface area contributed by atoms with Gasteiger partial charge in [0.15, 0.2) is 6.61 Å². The molecule has 0 saturated carbocycles. The van der Waals surface area contributed by atoms with Crippen molar-refractivity contribution >= 4 is 11.9 Å². The molecule has 138 valence electrons. The largest absolute Gasteiger partial charge is 0.497 e. The smallest absolute Gasteiger partial charge is 0.306 e. The molecule has 0 radical (unpaired) electrons. The number of amides is 1. The van der Waals surface area contributed by atoms with Crippen LogP contribution in [0.4, 0.5) is 0 Å². The van der Waals surface area contributed by atoms with Crippen molar-refractivity contribution in [1.82, 2.24) is 5.32 Å². The van der Waals surface area contributed by atoms with E-state index in [1.165, 1.54) is 0 Å². The van der Waals surface area contributed by atoms with Crippen LogP contribution in [-0.4, -0.2) is 32.7 Å². The van der Waals surface area contributed by atoms with Crippen molar-refractivity contribution in [3.63, 3.8) is 0 Å². The van der Waals surface area contributed by atoms with Gasteiger partial charge < -0.3 is 19.5 Å². The van der Waals surface area contributed by atoms with Gasteiger partial charge in [0, 0.05) is 19.0 Å². The van der Waals surface area contributed by atoms with Crippen molar-refractivity contribution in [2.45, 2.75) is 19.4 Å². The maximum atomic E-state index is 11.8. The second-order valence-electron chi connectivity index (χ2n) is 5.64. The molecule has 6 nitrogen and oxygen atoms in total. The molecule has 2 aromatic carbocycles. The van der Waals surface area contributed by atoms with E-state index in [2.05, 4.69) is 5.32 Å². The first-order valence-electron chi connectivity index (χ1n) is 8.29. The van der Waals surface area contributed by atoms with Gasteiger partial charge in [-0.25, -0.2) is 0 Å². The molecule has 0 unspecified atom stereocenters. The molecule has 0 bridgehead atoms. The zero-order chi connectivity index (χ0) is 18.8. The number of carbonyl (C=O) groups is 2. The summed E-state index contributed by atoms with van der Waals surface area (Å²) in [5.41, 5.74) is 1.88. The fourth-order valence-electron chi connectivity index (χ4n) is 2.32. The third-order valence-electron chi connectivity index (χ3n) is 3.73. The van der Waals surface area contributed by atoms with Crippen LogP contribution in [0.3, 0.4) is 0 Å². The predicted molar refractivity (Wildman–Crippen MR) is 97.1 cm³/mol. The molecule has 6 heteroatoms. The molecule has 0 heterocycles. The van der Waals surface area contributed by atoms with E-state index in [4.69, 9.17) is 14.2 Å². The number of nitrogens with one attached hydrogen (secondary N) is 1. The number of hydrogen-bond donors (Lipinski definition) is 1. The van der Waals surface area contributed by atoms with Gasteiger partial charge in [0.25, 0.3) is 5.91 Å². The Balaban J connectivity index is 1.72. The maximum Gasteiger partial charge on any atom is 0.306 e. The highest BCUT2D eigenvalue weighted by molar-refractivity contribution is 5.80. The van der Waals surface area contributed by atoms with E-state index in [0.29, 0.717) is 24.5 Å². The van der Waals surface area contributed by atoms with Crippen molar-refractivity contribution < 1.29 is 23.8 Å². The van der Waals surface area contributed by atoms with Gasteiger partial charge in [-0.1, -0.05) is 30.3 Å². The van der Waals surface area contributed by atoms with Crippen molar-refractivity contribution in [2.75, 3.05) is 20.8 Å². The van der Waals surface area contributed by atoms with E-state index in [1.54, 1.807) is 20.3 Å². The average Bonchev–Trinajstić information content (AvgIpc) is 2.69. The zero-order valence-electron chi connectivity index (χ0n) is 15.0. The molecule has 1 N–H and O–H groups in total. The number of aryl methyl sites for hydroxylation is 1. The fraction of sp³-hybridized carbons (Fsp3) is 0.300. The second-order valence-corrected chi connectivity index (χ2v) is 5.64. The van der Waals surface area contributed by atoms with Crippen LogP contribution in [0.5, 0.6) is 11.5 Å². The molecule has 2 rings (SSSR count). The molecule has 1 amide bonds. The van der Waals surface area contributed by atoms with Crippen molar-refractivity contribution in [3.05, 3.63) is 59.7 Å². The Bertz CT molecular complexity index is 708. The van der Waals surface area contributed by atoms with E-state index in [0.717, 1.165) is 11.1 Å². The number of carbonyl (C=O) groups excluding carboxylic acids is 2. The molecule has 26 heavy (non-hydrogen) atoms. The lowest BCUT2D eigenvalue weighted by Crippen LogP contribution is -2.28. The number of hydrogen-bond acceptors (Lipinski definition) is 5. The van der Waals surface area contributed by atoms with E-state index in [9.17, 15) is 9.59 Å². The minimum atomic E-state index is -0.429. The van der Waals surface area contributed by atoms with E-state index in [-0.39, 0.29) is 18.9 Å². The normalized spacial score (nSPS) is 10.1. The molecular weight excluding hydrogens is 334 g/mol. The number of rotatable bonds is 9. The summed E-state index contributed by atoms with van der Waals surface area (Å²) < 4.78 is 15.4. The Morgan fingerprint density at radius 2 is 1.58 bits per heavy atom. The molecular formula is C20H23NO5. The van der Waals surface area contributed by atoms with Gasteiger partial charge in [0.05, 0.1) is 14.2 Å². The molecule has 0 spiro atoms. The van der Waals surface area contributed by atoms with Crippen LogP contribution in [0.2, 0.25) is 0 Å². The van der Waals surface area contributed by atoms with E-state index < -0.39 is 5.97 Å². The van der Waals surface area contributed by atoms with Crippen LogP contribution in [-0.2, 0) is 27.3 Å². The van der Waals surface area contributed by atoms with Crippen molar-refractivity contribution in [3.8, 4) is 11.5 Å². The Labute approximate surface area is 153 Å². The van der Waals surface area contributed by atoms with Crippen molar-refractivity contribution in [2.24, 2.45) is 0 Å². The molecule has 2 aromatic rings. The first-order valence-corrected chi connectivity index (χ1v) is 8.29. The summed E-state index contributed by atoms with van der Waals surface area (Å²) in [4.78, 5) is 23.6. The van der Waals surface area contributed by atoms with Crippen molar-refractivity contribution in [1.29, 1.82) is 0 Å². The summed E-state index contributed by atoms with van der Waals surface area (Å²) in [5.74, 6) is 0.563. The van der Waals surface area contributed by atoms with Gasteiger partial charge in [-0.15, -0.1) is 0 Å². The van der Waals surface area contributed by atoms with Gasteiger partial charge in [-0.05, 0) is 29.7 Å². The van der Waals surface area contributed by atoms with Gasteiger partial charge in [-0.2, -0.15) is 0 Å². The first kappa shape index (κ1) is 19.3. The third kappa shape index (κ3) is 6.47. The molecule has 0 aliphatic heterocycles. The standard InChI is InChI=1S/C20H23NO5/c1-24-17-10-16(11-18(12-17)25-2)8-9-20(23)26-14-19(22)21-13-15-6-4-3-5-7-15/h3-7,10-12H,8-9,13-14H2,1-2H3,(H,21,22). The lowest BCUT2D eigenvalue weighted by molar-refractivity contribution is -0.148. The predicted octanol–water partition coefficient (Wildman–Crippen LogP) is 2.50. The van der Waals surface area contributed by atoms with Crippen LogP contribution in [0.15, 0.2) is 48.5 Å². The summed E-state index contributed by atoms with van der Waals surface area (Å²) in [6.07, 6.45) is 0.639. The van der Waals surface area contributed by atoms with Crippen LogP contribution in [0.25, 0.3) is 0 Å². The average molecular weight is 357 g/mol. The van der Waals surface area contributed by atoms with Gasteiger partial charge in [0.1, 0.15) is 11.5 Å². The number of benzene rings is 2. The Hall–Kier alpha value is -3.02. The Morgan fingerprint density at radius 3 is 2.19 bits per heavy atom. The lowest BCUT2D eigenvalue weighted by atomic mass is 10.1. The minimum Gasteiger partial charge on any atom is -0.497 e. The van der Waals surface area contributed by atoms with Crippen LogP contribution in [0, 0.1) is 0 Å². The zero-order valence-corrected chi connectivity index (χ0v) is 15.0. The van der Waals surface area contributed by atoms with Crippen LogP contribution < -0.4 is 14.8 Å². The highest BCUT2D eigenvalue weighted by atomic mass is 16.5. The number of esters is 1. The summed E-state index contributed by atoms with van der Waals surface area (Å²) in [6.45, 7) is 0.119. The van der Waals surface area contributed by atoms with Gasteiger partial charge in [-0.3, -0.25) is 9.59 Å². The molecule has 0 saturated heterocycles. The molecule has 0 aromatic heterocycles. The topological polar surface area (TPSA) is 73.9 Å². The summed E-state index contributed by atoms with van der Waals surface area (Å²) in [7, 11) is 3.14. The lowest BCUT2D eigenvalue weighted by Gasteiger charge is -2.09. The molecule has 0 fully saturated rings. The monoisotopic (exact) mass is 357 g/mol. The number of ether oxygens (including phenoxy) is 3. The van der Waals surface area contributed by atoms with Gasteiger partial charge in [0.2, 0.25) is 0 Å². The van der Waals surface area contributed by atoms with Gasteiger partial charge >= 0.3 is 5.97 Å². The quantitative estimate of drug-likeness (QED) is 0.698. The Morgan fingerprint density at radius 1 is 0.923 bits per heavy atom. The van der Waals surface area contributed by atoms with E-state index in [1.807, 2.05) is 42.5 Å².